The van der Waals surface area contributed by atoms with Gasteiger partial charge in [0.25, 0.3) is 0 Å². The molecule has 0 aromatic heterocycles. The summed E-state index contributed by atoms with van der Waals surface area (Å²) in [7, 11) is 1.93. The number of benzene rings is 1. The molecule has 0 heterocycles. The highest BCUT2D eigenvalue weighted by molar-refractivity contribution is 5.55. The molecular formula is C10H17N3O. The quantitative estimate of drug-likeness (QED) is 0.603. The average Bonchev–Trinajstić information content (AvgIpc) is 2.12. The molecule has 1 rings (SSSR count). The highest BCUT2D eigenvalue weighted by atomic mass is 16.3. The summed E-state index contributed by atoms with van der Waals surface area (Å²) in [5.74, 6) is 0. The van der Waals surface area contributed by atoms with E-state index in [9.17, 15) is 0 Å². The number of hydrogen-bond acceptors (Lipinski definition) is 4. The van der Waals surface area contributed by atoms with Gasteiger partial charge in [-0.1, -0.05) is 0 Å². The molecule has 0 fully saturated rings. The van der Waals surface area contributed by atoms with Gasteiger partial charge in [0.2, 0.25) is 0 Å². The first-order valence-electron chi connectivity index (χ1n) is 4.56. The number of nitrogens with two attached hydrogens (primary N) is 2. The Morgan fingerprint density at radius 1 is 1.36 bits per heavy atom. The number of likely N-dealkylation sites (N-methyl/N-ethyl adjacent to an activating group) is 1. The SMILES string of the molecule is CN(CCO)Cc1cc(N)ccc1N. The maximum atomic E-state index is 8.74. The smallest absolute Gasteiger partial charge is 0.0558 e. The molecule has 0 saturated carbocycles. The third-order valence-corrected chi connectivity index (χ3v) is 2.09. The van der Waals surface area contributed by atoms with Crippen LogP contribution in [0.2, 0.25) is 0 Å². The molecule has 0 amide bonds. The predicted molar refractivity (Wildman–Crippen MR) is 58.7 cm³/mol. The number of hydrogen-bond donors (Lipinski definition) is 3. The number of aliphatic hydroxyl groups is 1. The summed E-state index contributed by atoms with van der Waals surface area (Å²) in [5, 5.41) is 8.74. The molecule has 78 valence electrons. The van der Waals surface area contributed by atoms with Crippen molar-refractivity contribution >= 4 is 11.4 Å². The van der Waals surface area contributed by atoms with Crippen LogP contribution in [0.15, 0.2) is 18.2 Å². The summed E-state index contributed by atoms with van der Waals surface area (Å²) >= 11 is 0. The fraction of sp³-hybridized carbons (Fsp3) is 0.400. The second kappa shape index (κ2) is 4.83. The Morgan fingerprint density at radius 3 is 2.71 bits per heavy atom. The van der Waals surface area contributed by atoms with Crippen LogP contribution in [0.1, 0.15) is 5.56 Å². The first-order valence-corrected chi connectivity index (χ1v) is 4.56. The minimum atomic E-state index is 0.152. The molecule has 0 saturated heterocycles. The van der Waals surface area contributed by atoms with Crippen molar-refractivity contribution in [3.8, 4) is 0 Å². The second-order valence-electron chi connectivity index (χ2n) is 3.42. The first-order chi connectivity index (χ1) is 6.63. The maximum Gasteiger partial charge on any atom is 0.0558 e. The molecule has 0 atom stereocenters. The van der Waals surface area contributed by atoms with Gasteiger partial charge >= 0.3 is 0 Å². The minimum absolute atomic E-state index is 0.152. The number of anilines is 2. The second-order valence-corrected chi connectivity index (χ2v) is 3.42. The van der Waals surface area contributed by atoms with Gasteiger partial charge in [0, 0.05) is 24.5 Å². The van der Waals surface area contributed by atoms with Gasteiger partial charge in [-0.05, 0) is 30.8 Å². The molecule has 4 nitrogen and oxygen atoms in total. The summed E-state index contributed by atoms with van der Waals surface area (Å²) < 4.78 is 0. The van der Waals surface area contributed by atoms with E-state index >= 15 is 0 Å². The molecule has 0 radical (unpaired) electrons. The van der Waals surface area contributed by atoms with Crippen LogP contribution in [0, 0.1) is 0 Å². The molecule has 1 aromatic carbocycles. The maximum absolute atomic E-state index is 8.74. The number of nitrogen functional groups attached to an aromatic ring is 2. The van der Waals surface area contributed by atoms with Crippen molar-refractivity contribution in [1.29, 1.82) is 0 Å². The Bertz CT molecular complexity index is 301. The summed E-state index contributed by atoms with van der Waals surface area (Å²) in [4.78, 5) is 1.99. The lowest BCUT2D eigenvalue weighted by atomic mass is 10.1. The van der Waals surface area contributed by atoms with Gasteiger partial charge in [-0.25, -0.2) is 0 Å². The molecule has 0 spiro atoms. The van der Waals surface area contributed by atoms with Crippen molar-refractivity contribution in [3.63, 3.8) is 0 Å². The Labute approximate surface area is 84.1 Å². The van der Waals surface area contributed by atoms with Crippen LogP contribution in [-0.4, -0.2) is 30.2 Å². The van der Waals surface area contributed by atoms with E-state index in [1.807, 2.05) is 18.0 Å². The Kier molecular flexibility index (Phi) is 3.73. The third kappa shape index (κ3) is 2.90. The Hall–Kier alpha value is -1.26. The van der Waals surface area contributed by atoms with E-state index in [1.165, 1.54) is 0 Å². The highest BCUT2D eigenvalue weighted by Crippen LogP contribution is 2.16. The molecule has 0 aliphatic rings. The van der Waals surface area contributed by atoms with E-state index in [1.54, 1.807) is 12.1 Å². The van der Waals surface area contributed by atoms with E-state index in [2.05, 4.69) is 0 Å². The lowest BCUT2D eigenvalue weighted by Crippen LogP contribution is -2.22. The van der Waals surface area contributed by atoms with Crippen molar-refractivity contribution < 1.29 is 5.11 Å². The Morgan fingerprint density at radius 2 is 2.07 bits per heavy atom. The standard InChI is InChI=1S/C10H17N3O/c1-13(4-5-14)7-8-6-9(11)2-3-10(8)12/h2-3,6,14H,4-5,7,11-12H2,1H3. The molecule has 0 aliphatic carbocycles. The number of nitrogens with zero attached hydrogens (tertiary/aromatic N) is 1. The molecule has 5 N–H and O–H groups in total. The van der Waals surface area contributed by atoms with Crippen molar-refractivity contribution in [2.75, 3.05) is 31.7 Å². The third-order valence-electron chi connectivity index (χ3n) is 2.09. The van der Waals surface area contributed by atoms with Gasteiger partial charge in [-0.3, -0.25) is 4.90 Å². The van der Waals surface area contributed by atoms with Gasteiger partial charge in [0.1, 0.15) is 0 Å². The molecule has 0 bridgehead atoms. The lowest BCUT2D eigenvalue weighted by Gasteiger charge is -2.16. The lowest BCUT2D eigenvalue weighted by molar-refractivity contribution is 0.217. The van der Waals surface area contributed by atoms with E-state index in [4.69, 9.17) is 16.6 Å². The first kappa shape index (κ1) is 10.8. The zero-order valence-corrected chi connectivity index (χ0v) is 8.40. The van der Waals surface area contributed by atoms with Gasteiger partial charge in [-0.2, -0.15) is 0 Å². The molecule has 14 heavy (non-hydrogen) atoms. The number of rotatable bonds is 4. The van der Waals surface area contributed by atoms with E-state index in [0.717, 1.165) is 11.3 Å². The monoisotopic (exact) mass is 195 g/mol. The van der Waals surface area contributed by atoms with Crippen LogP contribution in [0.25, 0.3) is 0 Å². The fourth-order valence-electron chi connectivity index (χ4n) is 1.30. The molecule has 4 heteroatoms. The Balaban J connectivity index is 2.70. The zero-order valence-electron chi connectivity index (χ0n) is 8.40. The largest absolute Gasteiger partial charge is 0.399 e. The summed E-state index contributed by atoms with van der Waals surface area (Å²) in [6.07, 6.45) is 0. The van der Waals surface area contributed by atoms with Gasteiger partial charge in [0.05, 0.1) is 6.61 Å². The fourth-order valence-corrected chi connectivity index (χ4v) is 1.30. The summed E-state index contributed by atoms with van der Waals surface area (Å²) in [6, 6.07) is 5.45. The summed E-state index contributed by atoms with van der Waals surface area (Å²) in [6.45, 7) is 1.49. The van der Waals surface area contributed by atoms with Crippen molar-refractivity contribution in [3.05, 3.63) is 23.8 Å². The van der Waals surface area contributed by atoms with E-state index in [0.29, 0.717) is 18.8 Å². The van der Waals surface area contributed by atoms with Crippen LogP contribution >= 0.6 is 0 Å². The molecule has 1 aromatic rings. The number of aliphatic hydroxyl groups excluding tert-OH is 1. The summed E-state index contributed by atoms with van der Waals surface area (Å²) in [5.41, 5.74) is 13.9. The van der Waals surface area contributed by atoms with Crippen LogP contribution in [0.5, 0.6) is 0 Å². The highest BCUT2D eigenvalue weighted by Gasteiger charge is 2.03. The van der Waals surface area contributed by atoms with Gasteiger partial charge < -0.3 is 16.6 Å². The topological polar surface area (TPSA) is 75.5 Å². The van der Waals surface area contributed by atoms with Crippen LogP contribution in [0.4, 0.5) is 11.4 Å². The predicted octanol–water partition coefficient (Wildman–Crippen LogP) is 0.275. The van der Waals surface area contributed by atoms with Crippen molar-refractivity contribution in [1.82, 2.24) is 4.90 Å². The van der Waals surface area contributed by atoms with E-state index in [-0.39, 0.29) is 6.61 Å². The van der Waals surface area contributed by atoms with Crippen molar-refractivity contribution in [2.24, 2.45) is 0 Å². The van der Waals surface area contributed by atoms with Gasteiger partial charge in [0.15, 0.2) is 0 Å². The average molecular weight is 195 g/mol. The minimum Gasteiger partial charge on any atom is -0.399 e. The zero-order chi connectivity index (χ0) is 10.6. The van der Waals surface area contributed by atoms with Crippen molar-refractivity contribution in [2.45, 2.75) is 6.54 Å². The van der Waals surface area contributed by atoms with Crippen LogP contribution in [0.3, 0.4) is 0 Å². The van der Waals surface area contributed by atoms with Crippen LogP contribution < -0.4 is 11.5 Å². The molecular weight excluding hydrogens is 178 g/mol. The molecule has 0 unspecified atom stereocenters. The molecule has 0 aliphatic heterocycles. The van der Waals surface area contributed by atoms with E-state index < -0.39 is 0 Å². The van der Waals surface area contributed by atoms with Gasteiger partial charge in [-0.15, -0.1) is 0 Å². The van der Waals surface area contributed by atoms with Crippen LogP contribution in [-0.2, 0) is 6.54 Å². The normalized spacial score (nSPS) is 10.8.